The van der Waals surface area contributed by atoms with E-state index in [1.165, 1.54) is 12.1 Å². The van der Waals surface area contributed by atoms with E-state index in [9.17, 15) is 0 Å². The van der Waals surface area contributed by atoms with Crippen LogP contribution in [-0.2, 0) is 0 Å². The highest BCUT2D eigenvalue weighted by Gasteiger charge is 2.24. The lowest BCUT2D eigenvalue weighted by atomic mass is 9.95. The number of ether oxygens (including phenoxy) is 1. The Hall–Kier alpha value is -1.26. The molecule has 112 valence electrons. The van der Waals surface area contributed by atoms with Gasteiger partial charge in [0.25, 0.3) is 0 Å². The van der Waals surface area contributed by atoms with Gasteiger partial charge in [-0.1, -0.05) is 13.0 Å². The molecule has 2 N–H and O–H groups in total. The molecule has 0 aliphatic carbocycles. The molecule has 0 radical (unpaired) electrons. The van der Waals surface area contributed by atoms with Gasteiger partial charge in [-0.15, -0.1) is 0 Å². The number of aliphatic hydroxyl groups excluding tert-OH is 1. The van der Waals surface area contributed by atoms with Gasteiger partial charge in [-0.3, -0.25) is 0 Å². The van der Waals surface area contributed by atoms with Gasteiger partial charge in [0.05, 0.1) is 7.11 Å². The van der Waals surface area contributed by atoms with E-state index >= 15 is 0 Å². The van der Waals surface area contributed by atoms with E-state index < -0.39 is 0 Å². The molecule has 4 nitrogen and oxygen atoms in total. The summed E-state index contributed by atoms with van der Waals surface area (Å²) < 4.78 is 5.31. The average molecular weight is 278 g/mol. The fourth-order valence-corrected chi connectivity index (χ4v) is 2.90. The topological polar surface area (TPSA) is 44.7 Å². The zero-order valence-corrected chi connectivity index (χ0v) is 12.5. The van der Waals surface area contributed by atoms with Crippen molar-refractivity contribution in [3.05, 3.63) is 24.3 Å². The lowest BCUT2D eigenvalue weighted by molar-refractivity contribution is 0.276. The van der Waals surface area contributed by atoms with Gasteiger partial charge in [-0.25, -0.2) is 0 Å². The van der Waals surface area contributed by atoms with Gasteiger partial charge >= 0.3 is 0 Å². The first-order valence-electron chi connectivity index (χ1n) is 7.46. The van der Waals surface area contributed by atoms with Gasteiger partial charge in [0.1, 0.15) is 5.75 Å². The van der Waals surface area contributed by atoms with E-state index in [4.69, 9.17) is 9.84 Å². The average Bonchev–Trinajstić information content (AvgIpc) is 2.47. The first-order valence-corrected chi connectivity index (χ1v) is 7.46. The molecule has 1 saturated heterocycles. The molecule has 0 amide bonds. The molecule has 2 unspecified atom stereocenters. The van der Waals surface area contributed by atoms with Crippen molar-refractivity contribution in [3.63, 3.8) is 0 Å². The van der Waals surface area contributed by atoms with Gasteiger partial charge < -0.3 is 20.1 Å². The Balaban J connectivity index is 1.99. The van der Waals surface area contributed by atoms with Crippen molar-refractivity contribution in [2.24, 2.45) is 5.92 Å². The summed E-state index contributed by atoms with van der Waals surface area (Å²) in [5.41, 5.74) is 1.23. The monoisotopic (exact) mass is 278 g/mol. The van der Waals surface area contributed by atoms with Crippen molar-refractivity contribution in [1.82, 2.24) is 5.32 Å². The minimum absolute atomic E-state index is 0.259. The minimum atomic E-state index is 0.259. The van der Waals surface area contributed by atoms with Crippen molar-refractivity contribution in [1.29, 1.82) is 0 Å². The molecule has 2 atom stereocenters. The number of rotatable bonds is 6. The van der Waals surface area contributed by atoms with Crippen molar-refractivity contribution in [3.8, 4) is 5.75 Å². The Bertz CT molecular complexity index is 411. The number of hydrogen-bond acceptors (Lipinski definition) is 4. The summed E-state index contributed by atoms with van der Waals surface area (Å²) in [6, 6.07) is 8.76. The third-order valence-electron chi connectivity index (χ3n) is 3.85. The number of piperidine rings is 1. The second-order valence-electron chi connectivity index (χ2n) is 5.68. The Morgan fingerprint density at radius 2 is 2.25 bits per heavy atom. The smallest absolute Gasteiger partial charge is 0.120 e. The summed E-state index contributed by atoms with van der Waals surface area (Å²) >= 11 is 0. The van der Waals surface area contributed by atoms with Gasteiger partial charge in [-0.2, -0.15) is 0 Å². The maximum Gasteiger partial charge on any atom is 0.120 e. The summed E-state index contributed by atoms with van der Waals surface area (Å²) in [7, 11) is 1.71. The van der Waals surface area contributed by atoms with Crippen LogP contribution >= 0.6 is 0 Å². The zero-order valence-electron chi connectivity index (χ0n) is 12.5. The van der Waals surface area contributed by atoms with Gasteiger partial charge in [0.15, 0.2) is 0 Å². The van der Waals surface area contributed by atoms with E-state index in [-0.39, 0.29) is 6.61 Å². The normalized spacial score (nSPS) is 22.9. The number of methoxy groups -OCH3 is 1. The van der Waals surface area contributed by atoms with Crippen LogP contribution in [0, 0.1) is 5.92 Å². The first-order chi connectivity index (χ1) is 9.72. The van der Waals surface area contributed by atoms with Crippen molar-refractivity contribution < 1.29 is 9.84 Å². The van der Waals surface area contributed by atoms with Crippen LogP contribution in [0.5, 0.6) is 5.75 Å². The highest BCUT2D eigenvalue weighted by atomic mass is 16.5. The largest absolute Gasteiger partial charge is 0.497 e. The molecule has 4 heteroatoms. The SMILES string of the molecule is COc1cccc(N2CC(C)CC(NCCCO)C2)c1. The molecule has 0 saturated carbocycles. The van der Waals surface area contributed by atoms with Crippen LogP contribution < -0.4 is 15.0 Å². The van der Waals surface area contributed by atoms with Crippen molar-refractivity contribution >= 4 is 5.69 Å². The standard InChI is InChI=1S/C16H26N2O2/c1-13-9-14(17-7-4-8-19)12-18(11-13)15-5-3-6-16(10-15)20-2/h3,5-6,10,13-14,17,19H,4,7-9,11-12H2,1-2H3. The molecular weight excluding hydrogens is 252 g/mol. The van der Waals surface area contributed by atoms with Crippen LogP contribution in [0.25, 0.3) is 0 Å². The Labute approximate surface area is 121 Å². The second kappa shape index (κ2) is 7.50. The maximum absolute atomic E-state index is 8.87. The van der Waals surface area contributed by atoms with E-state index in [0.29, 0.717) is 12.0 Å². The fourth-order valence-electron chi connectivity index (χ4n) is 2.90. The van der Waals surface area contributed by atoms with Gasteiger partial charge in [0.2, 0.25) is 0 Å². The fraction of sp³-hybridized carbons (Fsp3) is 0.625. The van der Waals surface area contributed by atoms with Gasteiger partial charge in [0, 0.05) is 37.5 Å². The molecular formula is C16H26N2O2. The number of benzene rings is 1. The Kier molecular flexibility index (Phi) is 5.68. The number of anilines is 1. The summed E-state index contributed by atoms with van der Waals surface area (Å²) in [5, 5.41) is 12.4. The molecule has 1 heterocycles. The third kappa shape index (κ3) is 4.12. The zero-order chi connectivity index (χ0) is 14.4. The molecule has 0 bridgehead atoms. The van der Waals surface area contributed by atoms with Gasteiger partial charge in [-0.05, 0) is 37.4 Å². The van der Waals surface area contributed by atoms with E-state index in [2.05, 4.69) is 29.3 Å². The molecule has 1 aliphatic heterocycles. The first kappa shape index (κ1) is 15.1. The predicted octanol–water partition coefficient (Wildman–Crippen LogP) is 1.88. The molecule has 1 aromatic carbocycles. The van der Waals surface area contributed by atoms with Crippen molar-refractivity contribution in [2.45, 2.75) is 25.8 Å². The molecule has 1 aromatic rings. The number of hydrogen-bond donors (Lipinski definition) is 2. The third-order valence-corrected chi connectivity index (χ3v) is 3.85. The van der Waals surface area contributed by atoms with Crippen LogP contribution in [0.2, 0.25) is 0 Å². The van der Waals surface area contributed by atoms with Crippen LogP contribution in [-0.4, -0.2) is 44.5 Å². The number of nitrogens with one attached hydrogen (secondary N) is 1. The highest BCUT2D eigenvalue weighted by Crippen LogP contribution is 2.26. The number of aliphatic hydroxyl groups is 1. The molecule has 0 spiro atoms. The Morgan fingerprint density at radius 1 is 1.40 bits per heavy atom. The second-order valence-corrected chi connectivity index (χ2v) is 5.68. The van der Waals surface area contributed by atoms with Crippen molar-refractivity contribution in [2.75, 3.05) is 38.3 Å². The minimum Gasteiger partial charge on any atom is -0.497 e. The molecule has 1 aliphatic rings. The molecule has 0 aromatic heterocycles. The lowest BCUT2D eigenvalue weighted by Crippen LogP contribution is -2.49. The lowest BCUT2D eigenvalue weighted by Gasteiger charge is -2.38. The van der Waals surface area contributed by atoms with Crippen LogP contribution in [0.4, 0.5) is 5.69 Å². The van der Waals surface area contributed by atoms with Crippen LogP contribution in [0.3, 0.4) is 0 Å². The number of nitrogens with zero attached hydrogens (tertiary/aromatic N) is 1. The summed E-state index contributed by atoms with van der Waals surface area (Å²) in [4.78, 5) is 2.42. The predicted molar refractivity (Wildman–Crippen MR) is 82.5 cm³/mol. The summed E-state index contributed by atoms with van der Waals surface area (Å²) in [5.74, 6) is 1.58. The summed E-state index contributed by atoms with van der Waals surface area (Å²) in [6.45, 7) is 5.55. The van der Waals surface area contributed by atoms with E-state index in [0.717, 1.165) is 31.8 Å². The quantitative estimate of drug-likeness (QED) is 0.780. The molecule has 1 fully saturated rings. The van der Waals surface area contributed by atoms with Crippen LogP contribution in [0.15, 0.2) is 24.3 Å². The van der Waals surface area contributed by atoms with E-state index in [1.54, 1.807) is 7.11 Å². The molecule has 20 heavy (non-hydrogen) atoms. The molecule has 2 rings (SSSR count). The van der Waals surface area contributed by atoms with E-state index in [1.807, 2.05) is 12.1 Å². The maximum atomic E-state index is 8.87. The Morgan fingerprint density at radius 3 is 3.00 bits per heavy atom. The highest BCUT2D eigenvalue weighted by molar-refractivity contribution is 5.51. The summed E-state index contributed by atoms with van der Waals surface area (Å²) in [6.07, 6.45) is 2.02. The van der Waals surface area contributed by atoms with Crippen LogP contribution in [0.1, 0.15) is 19.8 Å².